The van der Waals surface area contributed by atoms with Crippen LogP contribution >= 0.6 is 0 Å². The van der Waals surface area contributed by atoms with Crippen LogP contribution in [0.1, 0.15) is 5.56 Å². The quantitative estimate of drug-likeness (QED) is 0.476. The van der Waals surface area contributed by atoms with Crippen molar-refractivity contribution >= 4 is 17.1 Å². The average Bonchev–Trinajstić information content (AvgIpc) is 2.62. The average molecular weight is 324 g/mol. The van der Waals surface area contributed by atoms with E-state index in [2.05, 4.69) is 10.6 Å². The van der Waals surface area contributed by atoms with E-state index in [4.69, 9.17) is 4.74 Å². The number of rotatable bonds is 6. The number of benzene rings is 2. The molecule has 0 amide bonds. The molecule has 3 aromatic carbocycles. The minimum absolute atomic E-state index is 0.127. The maximum absolute atomic E-state index is 11.8. The first-order valence-corrected chi connectivity index (χ1v) is 7.34. The van der Waals surface area contributed by atoms with Gasteiger partial charge in [0.25, 0.3) is 10.9 Å². The maximum atomic E-state index is 11.8. The Balaban J connectivity index is 1.74. The summed E-state index contributed by atoms with van der Waals surface area (Å²) >= 11 is 0. The number of anilines is 3. The van der Waals surface area contributed by atoms with Crippen LogP contribution in [0.2, 0.25) is 0 Å². The molecule has 6 nitrogen and oxygen atoms in total. The highest BCUT2D eigenvalue weighted by atomic mass is 16.5. The Morgan fingerprint density at radius 2 is 1.71 bits per heavy atom. The number of methoxy groups -OCH3 is 1. The number of nitrogens with one attached hydrogen (secondary N) is 2. The fourth-order valence-electron chi connectivity index (χ4n) is 2.34. The van der Waals surface area contributed by atoms with Crippen molar-refractivity contribution in [3.05, 3.63) is 74.5 Å². The molecule has 0 saturated carbocycles. The number of aromatic hydroxyl groups is 1. The second-order valence-electron chi connectivity index (χ2n) is 5.29. The van der Waals surface area contributed by atoms with Gasteiger partial charge in [0.2, 0.25) is 0 Å². The van der Waals surface area contributed by atoms with Crippen molar-refractivity contribution in [2.24, 2.45) is 0 Å². The molecule has 0 radical (unpaired) electrons. The summed E-state index contributed by atoms with van der Waals surface area (Å²) in [5.74, 6) is 0.851. The number of phenols is 1. The second kappa shape index (κ2) is 6.45. The first kappa shape index (κ1) is 15.6. The van der Waals surface area contributed by atoms with Gasteiger partial charge in [0.15, 0.2) is 0 Å². The fourth-order valence-corrected chi connectivity index (χ4v) is 2.34. The highest BCUT2D eigenvalue weighted by Crippen LogP contribution is 2.23. The van der Waals surface area contributed by atoms with Gasteiger partial charge in [-0.15, -0.1) is 0 Å². The molecule has 0 aliphatic heterocycles. The lowest BCUT2D eigenvalue weighted by Gasteiger charge is -2.15. The van der Waals surface area contributed by atoms with Crippen molar-refractivity contribution in [3.63, 3.8) is 0 Å². The first-order chi connectivity index (χ1) is 11.6. The van der Waals surface area contributed by atoms with Crippen LogP contribution in [0.3, 0.4) is 0 Å². The summed E-state index contributed by atoms with van der Waals surface area (Å²) < 4.78 is 5.16. The first-order valence-electron chi connectivity index (χ1n) is 7.34. The third kappa shape index (κ3) is 3.08. The Labute approximate surface area is 138 Å². The molecule has 0 atom stereocenters. The summed E-state index contributed by atoms with van der Waals surface area (Å²) in [5.41, 5.74) is 0.933. The summed E-state index contributed by atoms with van der Waals surface area (Å²) in [4.78, 5) is 23.6. The SMILES string of the molecule is COc1cccc(CNc2c(Nc3ccc(O)cc3)c(=O)c2=O)c1. The van der Waals surface area contributed by atoms with Crippen molar-refractivity contribution in [2.45, 2.75) is 6.54 Å². The summed E-state index contributed by atoms with van der Waals surface area (Å²) in [7, 11) is 1.59. The molecule has 3 rings (SSSR count). The molecular formula is C18H16N2O4. The number of hydrogen-bond donors (Lipinski definition) is 3. The Bertz CT molecular complexity index is 925. The van der Waals surface area contributed by atoms with Crippen molar-refractivity contribution in [1.29, 1.82) is 0 Å². The molecule has 0 aliphatic rings. The Morgan fingerprint density at radius 3 is 2.42 bits per heavy atom. The molecule has 0 bridgehead atoms. The predicted octanol–water partition coefficient (Wildman–Crippen LogP) is 2.35. The fraction of sp³-hybridized carbons (Fsp3) is 0.111. The molecule has 122 valence electrons. The van der Waals surface area contributed by atoms with Crippen molar-refractivity contribution in [1.82, 2.24) is 0 Å². The molecule has 0 saturated heterocycles. The monoisotopic (exact) mass is 324 g/mol. The van der Waals surface area contributed by atoms with E-state index < -0.39 is 10.9 Å². The van der Waals surface area contributed by atoms with Crippen LogP contribution in [0.4, 0.5) is 17.1 Å². The summed E-state index contributed by atoms with van der Waals surface area (Å²) in [6.45, 7) is 0.395. The number of phenolic OH excluding ortho intramolecular Hbond substituents is 1. The molecule has 0 heterocycles. The third-order valence-corrected chi connectivity index (χ3v) is 3.65. The van der Waals surface area contributed by atoms with E-state index >= 15 is 0 Å². The Hall–Kier alpha value is -3.28. The van der Waals surface area contributed by atoms with Gasteiger partial charge in [0.05, 0.1) is 7.11 Å². The summed E-state index contributed by atoms with van der Waals surface area (Å²) in [6, 6.07) is 13.7. The van der Waals surface area contributed by atoms with Crippen LogP contribution in [0.25, 0.3) is 0 Å². The van der Waals surface area contributed by atoms with Gasteiger partial charge in [-0.25, -0.2) is 0 Å². The van der Waals surface area contributed by atoms with E-state index in [1.807, 2.05) is 24.3 Å². The number of ether oxygens (including phenoxy) is 1. The van der Waals surface area contributed by atoms with E-state index in [0.717, 1.165) is 11.3 Å². The highest BCUT2D eigenvalue weighted by Gasteiger charge is 2.20. The lowest BCUT2D eigenvalue weighted by atomic mass is 10.1. The van der Waals surface area contributed by atoms with Crippen LogP contribution in [-0.2, 0) is 6.54 Å². The van der Waals surface area contributed by atoms with Gasteiger partial charge in [0.1, 0.15) is 22.9 Å². The molecule has 0 unspecified atom stereocenters. The zero-order chi connectivity index (χ0) is 17.1. The molecular weight excluding hydrogens is 308 g/mol. The standard InChI is InChI=1S/C18H16N2O4/c1-24-14-4-2-3-11(9-14)10-19-15-16(18(23)17(15)22)20-12-5-7-13(21)8-6-12/h2-9,19-21H,10H2,1H3. The smallest absolute Gasteiger partial charge is 0.253 e. The van der Waals surface area contributed by atoms with Crippen molar-refractivity contribution in [2.75, 3.05) is 17.7 Å². The minimum atomic E-state index is -0.559. The normalized spacial score (nSPS) is 10.5. The molecule has 3 aromatic rings. The van der Waals surface area contributed by atoms with Gasteiger partial charge in [-0.1, -0.05) is 12.1 Å². The topological polar surface area (TPSA) is 87.7 Å². The lowest BCUT2D eigenvalue weighted by Crippen LogP contribution is -2.36. The third-order valence-electron chi connectivity index (χ3n) is 3.65. The molecule has 6 heteroatoms. The summed E-state index contributed by atoms with van der Waals surface area (Å²) in [6.07, 6.45) is 0. The van der Waals surface area contributed by atoms with Crippen LogP contribution in [0.5, 0.6) is 11.5 Å². The molecule has 0 aromatic heterocycles. The predicted molar refractivity (Wildman–Crippen MR) is 93.1 cm³/mol. The van der Waals surface area contributed by atoms with E-state index in [1.165, 1.54) is 12.1 Å². The van der Waals surface area contributed by atoms with E-state index in [1.54, 1.807) is 19.2 Å². The van der Waals surface area contributed by atoms with Crippen molar-refractivity contribution in [3.8, 4) is 11.5 Å². The van der Waals surface area contributed by atoms with Crippen molar-refractivity contribution < 1.29 is 9.84 Å². The van der Waals surface area contributed by atoms with Gasteiger partial charge in [-0.3, -0.25) is 9.59 Å². The largest absolute Gasteiger partial charge is 0.508 e. The molecule has 0 fully saturated rings. The molecule has 24 heavy (non-hydrogen) atoms. The highest BCUT2D eigenvalue weighted by molar-refractivity contribution is 5.78. The lowest BCUT2D eigenvalue weighted by molar-refractivity contribution is 0.414. The Kier molecular flexibility index (Phi) is 4.20. The zero-order valence-corrected chi connectivity index (χ0v) is 13.0. The van der Waals surface area contributed by atoms with Gasteiger partial charge < -0.3 is 20.5 Å². The van der Waals surface area contributed by atoms with Crippen LogP contribution < -0.4 is 26.2 Å². The summed E-state index contributed by atoms with van der Waals surface area (Å²) in [5, 5.41) is 15.2. The van der Waals surface area contributed by atoms with Gasteiger partial charge in [0, 0.05) is 12.2 Å². The van der Waals surface area contributed by atoms with Crippen LogP contribution in [0.15, 0.2) is 58.1 Å². The minimum Gasteiger partial charge on any atom is -0.508 e. The Morgan fingerprint density at radius 1 is 1.00 bits per heavy atom. The molecule has 3 N–H and O–H groups in total. The van der Waals surface area contributed by atoms with E-state index in [-0.39, 0.29) is 17.1 Å². The number of hydrogen-bond acceptors (Lipinski definition) is 6. The molecule has 0 aliphatic carbocycles. The van der Waals surface area contributed by atoms with E-state index in [0.29, 0.717) is 12.2 Å². The van der Waals surface area contributed by atoms with Gasteiger partial charge in [-0.2, -0.15) is 0 Å². The maximum Gasteiger partial charge on any atom is 0.253 e. The second-order valence-corrected chi connectivity index (χ2v) is 5.29. The molecule has 0 spiro atoms. The van der Waals surface area contributed by atoms with Crippen LogP contribution in [0, 0.1) is 0 Å². The van der Waals surface area contributed by atoms with Gasteiger partial charge >= 0.3 is 0 Å². The van der Waals surface area contributed by atoms with Gasteiger partial charge in [-0.05, 0) is 42.0 Å². The van der Waals surface area contributed by atoms with Crippen LogP contribution in [-0.4, -0.2) is 12.2 Å². The zero-order valence-electron chi connectivity index (χ0n) is 13.0. The van der Waals surface area contributed by atoms with E-state index in [9.17, 15) is 14.7 Å².